The third-order valence-electron chi connectivity index (χ3n) is 1.28. The van der Waals surface area contributed by atoms with Crippen molar-refractivity contribution < 1.29 is 4.18 Å². The largest absolute Gasteiger partial charge is 0.314 e. The van der Waals surface area contributed by atoms with Crippen molar-refractivity contribution in [2.45, 2.75) is 13.3 Å². The summed E-state index contributed by atoms with van der Waals surface area (Å²) in [7, 11) is 2.12. The zero-order valence-electron chi connectivity index (χ0n) is 7.09. The van der Waals surface area contributed by atoms with E-state index < -0.39 is 0 Å². The van der Waals surface area contributed by atoms with Gasteiger partial charge in [0, 0.05) is 12.8 Å². The molecule has 0 saturated heterocycles. The second-order valence-electron chi connectivity index (χ2n) is 2.29. The first-order valence-electron chi connectivity index (χ1n) is 3.65. The Labute approximate surface area is 68.1 Å². The van der Waals surface area contributed by atoms with E-state index in [1.807, 2.05) is 6.26 Å². The topological polar surface area (TPSA) is 12.5 Å². The van der Waals surface area contributed by atoms with Crippen LogP contribution in [0.3, 0.4) is 0 Å². The van der Waals surface area contributed by atoms with Crippen LogP contribution in [-0.4, -0.2) is 37.9 Å². The highest BCUT2D eigenvalue weighted by molar-refractivity contribution is 7.93. The molecule has 0 aromatic carbocycles. The zero-order chi connectivity index (χ0) is 7.82. The van der Waals surface area contributed by atoms with Crippen molar-refractivity contribution in [1.29, 1.82) is 0 Å². The summed E-state index contributed by atoms with van der Waals surface area (Å²) in [6, 6.07) is 0. The van der Waals surface area contributed by atoms with Crippen LogP contribution in [0.4, 0.5) is 0 Å². The Morgan fingerprint density at radius 1 is 1.40 bits per heavy atom. The smallest absolute Gasteiger partial charge is 0.0740 e. The predicted octanol–water partition coefficient (Wildman–Crippen LogP) is 1.62. The van der Waals surface area contributed by atoms with E-state index in [4.69, 9.17) is 4.18 Å². The fourth-order valence-electron chi connectivity index (χ4n) is 0.770. The molecule has 0 saturated carbocycles. The Bertz CT molecular complexity index is 70.6. The highest BCUT2D eigenvalue weighted by Crippen LogP contribution is 1.94. The average molecular weight is 163 g/mol. The van der Waals surface area contributed by atoms with Gasteiger partial charge in [0.05, 0.1) is 6.61 Å². The molecule has 0 N–H and O–H groups in total. The second kappa shape index (κ2) is 7.38. The van der Waals surface area contributed by atoms with Gasteiger partial charge in [0.2, 0.25) is 0 Å². The van der Waals surface area contributed by atoms with Crippen LogP contribution in [0.2, 0.25) is 0 Å². The maximum Gasteiger partial charge on any atom is 0.0740 e. The second-order valence-corrected chi connectivity index (χ2v) is 2.86. The summed E-state index contributed by atoms with van der Waals surface area (Å²) in [6.07, 6.45) is 3.16. The van der Waals surface area contributed by atoms with E-state index >= 15 is 0 Å². The SMILES string of the molecule is CCCN(C)CCOSC. The van der Waals surface area contributed by atoms with Crippen LogP contribution in [0.25, 0.3) is 0 Å². The van der Waals surface area contributed by atoms with E-state index in [0.717, 1.165) is 19.7 Å². The maximum atomic E-state index is 5.13. The molecule has 0 aromatic rings. The lowest BCUT2D eigenvalue weighted by Crippen LogP contribution is -2.23. The highest BCUT2D eigenvalue weighted by atomic mass is 32.2. The van der Waals surface area contributed by atoms with Gasteiger partial charge in [0.15, 0.2) is 0 Å². The molecule has 0 unspecified atom stereocenters. The first-order valence-corrected chi connectivity index (χ1v) is 4.80. The lowest BCUT2D eigenvalue weighted by molar-refractivity contribution is 0.262. The Hall–Kier alpha value is 0.270. The fourth-order valence-corrected chi connectivity index (χ4v) is 1.01. The van der Waals surface area contributed by atoms with Crippen LogP contribution in [0.1, 0.15) is 13.3 Å². The van der Waals surface area contributed by atoms with Gasteiger partial charge >= 0.3 is 0 Å². The minimum Gasteiger partial charge on any atom is -0.314 e. The Morgan fingerprint density at radius 3 is 2.60 bits per heavy atom. The molecule has 0 aliphatic carbocycles. The summed E-state index contributed by atoms with van der Waals surface area (Å²) in [5.41, 5.74) is 0. The van der Waals surface area contributed by atoms with Crippen LogP contribution in [0.5, 0.6) is 0 Å². The zero-order valence-corrected chi connectivity index (χ0v) is 7.91. The highest BCUT2D eigenvalue weighted by Gasteiger charge is 1.94. The van der Waals surface area contributed by atoms with Gasteiger partial charge in [-0.1, -0.05) is 6.92 Å². The molecule has 10 heavy (non-hydrogen) atoms. The monoisotopic (exact) mass is 163 g/mol. The molecular formula is C7H17NOS. The Kier molecular flexibility index (Phi) is 7.58. The van der Waals surface area contributed by atoms with Gasteiger partial charge in [0.1, 0.15) is 0 Å². The van der Waals surface area contributed by atoms with Crippen molar-refractivity contribution in [3.05, 3.63) is 0 Å². The predicted molar refractivity (Wildman–Crippen MR) is 47.3 cm³/mol. The molecule has 62 valence electrons. The third kappa shape index (κ3) is 6.39. The Morgan fingerprint density at radius 2 is 2.10 bits per heavy atom. The average Bonchev–Trinajstić information content (AvgIpc) is 1.89. The Balaban J connectivity index is 2.97. The molecule has 0 fully saturated rings. The molecule has 0 aliphatic heterocycles. The van der Waals surface area contributed by atoms with Gasteiger partial charge in [-0.15, -0.1) is 0 Å². The lowest BCUT2D eigenvalue weighted by atomic mass is 10.4. The molecule has 0 aromatic heterocycles. The third-order valence-corrected chi connectivity index (χ3v) is 1.68. The first kappa shape index (κ1) is 10.3. The quantitative estimate of drug-likeness (QED) is 0.436. The number of likely N-dealkylation sites (N-methyl/N-ethyl adjacent to an activating group) is 1. The van der Waals surface area contributed by atoms with Gasteiger partial charge in [0.25, 0.3) is 0 Å². The molecule has 0 aliphatic rings. The fraction of sp³-hybridized carbons (Fsp3) is 1.00. The number of hydrogen-bond acceptors (Lipinski definition) is 3. The number of hydrogen-bond donors (Lipinski definition) is 0. The van der Waals surface area contributed by atoms with E-state index in [1.54, 1.807) is 0 Å². The number of nitrogens with zero attached hydrogens (tertiary/aromatic N) is 1. The minimum absolute atomic E-state index is 0.831. The summed E-state index contributed by atoms with van der Waals surface area (Å²) in [4.78, 5) is 2.27. The molecule has 0 radical (unpaired) electrons. The minimum atomic E-state index is 0.831. The molecule has 0 atom stereocenters. The summed E-state index contributed by atoms with van der Waals surface area (Å²) in [5.74, 6) is 0. The van der Waals surface area contributed by atoms with Crippen molar-refractivity contribution in [2.75, 3.05) is 33.0 Å². The maximum absolute atomic E-state index is 5.13. The molecular weight excluding hydrogens is 146 g/mol. The van der Waals surface area contributed by atoms with E-state index in [9.17, 15) is 0 Å². The first-order chi connectivity index (χ1) is 4.81. The van der Waals surface area contributed by atoms with Crippen LogP contribution >= 0.6 is 12.0 Å². The van der Waals surface area contributed by atoms with E-state index in [1.165, 1.54) is 18.5 Å². The van der Waals surface area contributed by atoms with Crippen LogP contribution in [-0.2, 0) is 4.18 Å². The molecule has 0 amide bonds. The molecule has 0 spiro atoms. The van der Waals surface area contributed by atoms with E-state index in [2.05, 4.69) is 18.9 Å². The van der Waals surface area contributed by atoms with Gasteiger partial charge in [-0.25, -0.2) is 0 Å². The molecule has 2 nitrogen and oxygen atoms in total. The van der Waals surface area contributed by atoms with Crippen molar-refractivity contribution in [1.82, 2.24) is 4.90 Å². The van der Waals surface area contributed by atoms with Crippen molar-refractivity contribution >= 4 is 12.0 Å². The molecule has 0 heterocycles. The summed E-state index contributed by atoms with van der Waals surface area (Å²) in [6.45, 7) is 5.22. The van der Waals surface area contributed by atoms with Gasteiger partial charge < -0.3 is 9.08 Å². The van der Waals surface area contributed by atoms with Crippen LogP contribution in [0, 0.1) is 0 Å². The van der Waals surface area contributed by atoms with E-state index in [-0.39, 0.29) is 0 Å². The standard InChI is InChI=1S/C7H17NOS/c1-4-5-8(2)6-7-9-10-3/h4-7H2,1-3H3. The summed E-state index contributed by atoms with van der Waals surface area (Å²) in [5, 5.41) is 0. The van der Waals surface area contributed by atoms with Gasteiger partial charge in [-0.3, -0.25) is 0 Å². The normalized spacial score (nSPS) is 10.8. The molecule has 0 rings (SSSR count). The lowest BCUT2D eigenvalue weighted by Gasteiger charge is -2.13. The van der Waals surface area contributed by atoms with E-state index in [0.29, 0.717) is 0 Å². The van der Waals surface area contributed by atoms with Crippen LogP contribution < -0.4 is 0 Å². The summed E-state index contributed by atoms with van der Waals surface area (Å²) >= 11 is 1.44. The number of rotatable bonds is 6. The van der Waals surface area contributed by atoms with Crippen LogP contribution in [0.15, 0.2) is 0 Å². The summed E-state index contributed by atoms with van der Waals surface area (Å²) < 4.78 is 5.13. The van der Waals surface area contributed by atoms with Gasteiger partial charge in [-0.2, -0.15) is 0 Å². The molecule has 3 heteroatoms. The van der Waals surface area contributed by atoms with Crippen molar-refractivity contribution in [3.63, 3.8) is 0 Å². The molecule has 0 bridgehead atoms. The van der Waals surface area contributed by atoms with Crippen molar-refractivity contribution in [2.24, 2.45) is 0 Å². The van der Waals surface area contributed by atoms with Gasteiger partial charge in [-0.05, 0) is 32.1 Å². The van der Waals surface area contributed by atoms with Crippen molar-refractivity contribution in [3.8, 4) is 0 Å².